The Bertz CT molecular complexity index is 390. The van der Waals surface area contributed by atoms with Gasteiger partial charge in [-0.05, 0) is 56.7 Å². The molecule has 1 aromatic carbocycles. The highest BCUT2D eigenvalue weighted by molar-refractivity contribution is 5.20. The van der Waals surface area contributed by atoms with Crippen LogP contribution in [-0.4, -0.2) is 35.7 Å². The molecule has 0 bridgehead atoms. The topological polar surface area (TPSA) is 23.5 Å². The van der Waals surface area contributed by atoms with E-state index in [-0.39, 0.29) is 6.10 Å². The molecular weight excluding hydrogens is 246 g/mol. The number of rotatable bonds is 5. The average Bonchev–Trinajstić information content (AvgIpc) is 2.46. The molecule has 0 heterocycles. The van der Waals surface area contributed by atoms with Crippen LogP contribution in [0.1, 0.15) is 51.0 Å². The summed E-state index contributed by atoms with van der Waals surface area (Å²) < 4.78 is 0. The molecule has 3 unspecified atom stereocenters. The molecule has 1 aliphatic carbocycles. The fourth-order valence-electron chi connectivity index (χ4n) is 3.26. The number of hydrogen-bond acceptors (Lipinski definition) is 2. The van der Waals surface area contributed by atoms with Crippen LogP contribution in [0.4, 0.5) is 0 Å². The van der Waals surface area contributed by atoms with Crippen LogP contribution in [0.5, 0.6) is 0 Å². The zero-order chi connectivity index (χ0) is 14.5. The predicted molar refractivity (Wildman–Crippen MR) is 84.9 cm³/mol. The first-order chi connectivity index (χ1) is 9.58. The normalized spacial score (nSPS) is 27.2. The third-order valence-electron chi connectivity index (χ3n) is 4.68. The maximum Gasteiger partial charge on any atom is 0.0695 e. The maximum absolute atomic E-state index is 10.3. The fourth-order valence-corrected chi connectivity index (χ4v) is 3.26. The molecule has 1 fully saturated rings. The summed E-state index contributed by atoms with van der Waals surface area (Å²) in [5.74, 6) is 1.33. The van der Waals surface area contributed by atoms with Gasteiger partial charge in [-0.1, -0.05) is 44.2 Å². The third kappa shape index (κ3) is 4.07. The van der Waals surface area contributed by atoms with E-state index < -0.39 is 0 Å². The van der Waals surface area contributed by atoms with E-state index in [1.807, 2.05) is 0 Å². The van der Waals surface area contributed by atoms with Crippen molar-refractivity contribution in [1.29, 1.82) is 0 Å². The van der Waals surface area contributed by atoms with Gasteiger partial charge in [0.1, 0.15) is 0 Å². The first-order valence-electron chi connectivity index (χ1n) is 8.01. The summed E-state index contributed by atoms with van der Waals surface area (Å²) >= 11 is 0. The van der Waals surface area contributed by atoms with E-state index in [2.05, 4.69) is 56.1 Å². The first-order valence-corrected chi connectivity index (χ1v) is 8.01. The van der Waals surface area contributed by atoms with Gasteiger partial charge in [-0.2, -0.15) is 0 Å². The van der Waals surface area contributed by atoms with Crippen LogP contribution >= 0.6 is 0 Å². The molecule has 0 spiro atoms. The smallest absolute Gasteiger partial charge is 0.0695 e. The van der Waals surface area contributed by atoms with E-state index in [0.717, 1.165) is 31.7 Å². The Hall–Kier alpha value is -0.860. The van der Waals surface area contributed by atoms with Crippen molar-refractivity contribution in [3.63, 3.8) is 0 Å². The van der Waals surface area contributed by atoms with Gasteiger partial charge in [-0.3, -0.25) is 0 Å². The van der Waals surface area contributed by atoms with E-state index in [0.29, 0.717) is 12.0 Å². The zero-order valence-electron chi connectivity index (χ0n) is 13.1. The van der Waals surface area contributed by atoms with Crippen molar-refractivity contribution in [1.82, 2.24) is 4.90 Å². The number of likely N-dealkylation sites (N-methyl/N-ethyl adjacent to an activating group) is 1. The van der Waals surface area contributed by atoms with Gasteiger partial charge in [0.25, 0.3) is 0 Å². The quantitative estimate of drug-likeness (QED) is 0.886. The summed E-state index contributed by atoms with van der Waals surface area (Å²) in [4.78, 5) is 2.37. The van der Waals surface area contributed by atoms with Crippen molar-refractivity contribution < 1.29 is 5.11 Å². The SMILES string of the molecule is CC(C)CCN(C)C1CC(c2ccccc2)CCC1O. The largest absolute Gasteiger partial charge is 0.391 e. The second kappa shape index (κ2) is 7.24. The van der Waals surface area contributed by atoms with Gasteiger partial charge in [0.05, 0.1) is 6.10 Å². The third-order valence-corrected chi connectivity index (χ3v) is 4.68. The van der Waals surface area contributed by atoms with Gasteiger partial charge in [-0.15, -0.1) is 0 Å². The van der Waals surface area contributed by atoms with Gasteiger partial charge < -0.3 is 10.0 Å². The van der Waals surface area contributed by atoms with Crippen molar-refractivity contribution in [3.05, 3.63) is 35.9 Å². The molecule has 2 rings (SSSR count). The molecule has 2 nitrogen and oxygen atoms in total. The highest BCUT2D eigenvalue weighted by Gasteiger charge is 2.32. The lowest BCUT2D eigenvalue weighted by molar-refractivity contribution is 0.0239. The monoisotopic (exact) mass is 275 g/mol. The first kappa shape index (κ1) is 15.5. The van der Waals surface area contributed by atoms with Crippen LogP contribution in [0.3, 0.4) is 0 Å². The Kier molecular flexibility index (Phi) is 5.62. The van der Waals surface area contributed by atoms with Crippen molar-refractivity contribution in [2.24, 2.45) is 5.92 Å². The molecule has 3 atom stereocenters. The molecule has 1 N–H and O–H groups in total. The van der Waals surface area contributed by atoms with E-state index in [1.165, 1.54) is 12.0 Å². The number of aliphatic hydroxyl groups is 1. The van der Waals surface area contributed by atoms with E-state index in [4.69, 9.17) is 0 Å². The van der Waals surface area contributed by atoms with Crippen LogP contribution < -0.4 is 0 Å². The van der Waals surface area contributed by atoms with E-state index >= 15 is 0 Å². The van der Waals surface area contributed by atoms with Crippen LogP contribution in [0.2, 0.25) is 0 Å². The van der Waals surface area contributed by atoms with E-state index in [1.54, 1.807) is 0 Å². The minimum absolute atomic E-state index is 0.160. The van der Waals surface area contributed by atoms with Crippen molar-refractivity contribution >= 4 is 0 Å². The van der Waals surface area contributed by atoms with Gasteiger partial charge in [-0.25, -0.2) is 0 Å². The Balaban J connectivity index is 1.97. The summed E-state index contributed by atoms with van der Waals surface area (Å²) in [6, 6.07) is 11.1. The van der Waals surface area contributed by atoms with Crippen molar-refractivity contribution in [3.8, 4) is 0 Å². The second-order valence-corrected chi connectivity index (χ2v) is 6.72. The molecule has 0 radical (unpaired) electrons. The Labute approximate surface area is 123 Å². The Morgan fingerprint density at radius 2 is 1.90 bits per heavy atom. The molecule has 0 amide bonds. The molecule has 2 heteroatoms. The molecule has 1 aromatic rings. The Morgan fingerprint density at radius 1 is 1.20 bits per heavy atom. The Morgan fingerprint density at radius 3 is 2.55 bits per heavy atom. The minimum Gasteiger partial charge on any atom is -0.391 e. The zero-order valence-corrected chi connectivity index (χ0v) is 13.1. The fraction of sp³-hybridized carbons (Fsp3) is 0.667. The van der Waals surface area contributed by atoms with Gasteiger partial charge in [0.15, 0.2) is 0 Å². The summed E-state index contributed by atoms with van der Waals surface area (Å²) in [6.07, 6.45) is 4.16. The maximum atomic E-state index is 10.3. The summed E-state index contributed by atoms with van der Waals surface area (Å²) in [5, 5.41) is 10.3. The molecule has 20 heavy (non-hydrogen) atoms. The number of aliphatic hydroxyl groups excluding tert-OH is 1. The lowest BCUT2D eigenvalue weighted by Crippen LogP contribution is -2.45. The summed E-state index contributed by atoms with van der Waals surface area (Å²) in [6.45, 7) is 5.61. The van der Waals surface area contributed by atoms with Crippen molar-refractivity contribution in [2.75, 3.05) is 13.6 Å². The highest BCUT2D eigenvalue weighted by atomic mass is 16.3. The molecule has 1 saturated carbocycles. The predicted octanol–water partition coefficient (Wildman–Crippen LogP) is 3.66. The average molecular weight is 275 g/mol. The minimum atomic E-state index is -0.160. The number of hydrogen-bond donors (Lipinski definition) is 1. The lowest BCUT2D eigenvalue weighted by atomic mass is 9.79. The second-order valence-electron chi connectivity index (χ2n) is 6.72. The standard InChI is InChI=1S/C18H29NO/c1-14(2)11-12-19(3)17-13-16(9-10-18(17)20)15-7-5-4-6-8-15/h4-8,14,16-18,20H,9-13H2,1-3H3. The van der Waals surface area contributed by atoms with Gasteiger partial charge >= 0.3 is 0 Å². The summed E-state index contributed by atoms with van der Waals surface area (Å²) in [7, 11) is 2.17. The molecule has 0 saturated heterocycles. The van der Waals surface area contributed by atoms with Crippen LogP contribution in [0.15, 0.2) is 30.3 Å². The molecule has 112 valence electrons. The summed E-state index contributed by atoms with van der Waals surface area (Å²) in [5.41, 5.74) is 1.43. The van der Waals surface area contributed by atoms with Crippen LogP contribution in [0, 0.1) is 5.92 Å². The van der Waals surface area contributed by atoms with Crippen LogP contribution in [0.25, 0.3) is 0 Å². The molecule has 1 aliphatic rings. The van der Waals surface area contributed by atoms with Crippen molar-refractivity contribution in [2.45, 2.75) is 57.6 Å². The molecule has 0 aliphatic heterocycles. The number of nitrogens with zero attached hydrogens (tertiary/aromatic N) is 1. The molecule has 0 aromatic heterocycles. The lowest BCUT2D eigenvalue weighted by Gasteiger charge is -2.39. The van der Waals surface area contributed by atoms with Gasteiger partial charge in [0.2, 0.25) is 0 Å². The molecular formula is C18H29NO. The van der Waals surface area contributed by atoms with E-state index in [9.17, 15) is 5.11 Å². The number of benzene rings is 1. The van der Waals surface area contributed by atoms with Gasteiger partial charge in [0, 0.05) is 6.04 Å². The highest BCUT2D eigenvalue weighted by Crippen LogP contribution is 2.35. The van der Waals surface area contributed by atoms with Crippen LogP contribution in [-0.2, 0) is 0 Å².